The van der Waals surface area contributed by atoms with Crippen LogP contribution in [0.1, 0.15) is 31.7 Å². The van der Waals surface area contributed by atoms with Crippen molar-refractivity contribution >= 4 is 29.2 Å². The van der Waals surface area contributed by atoms with E-state index in [0.29, 0.717) is 37.4 Å². The number of benzene rings is 2. The van der Waals surface area contributed by atoms with Crippen LogP contribution in [-0.2, 0) is 19.1 Å². The second-order valence-corrected chi connectivity index (χ2v) is 9.15. The second-order valence-electron chi connectivity index (χ2n) is 9.15. The molecule has 0 bridgehead atoms. The molecule has 0 radical (unpaired) electrons. The number of nitro benzene ring substituents is 1. The first-order valence-electron chi connectivity index (χ1n) is 12.4. The number of anilines is 1. The Morgan fingerprint density at radius 2 is 1.79 bits per heavy atom. The topological polar surface area (TPSA) is 113 Å². The van der Waals surface area contributed by atoms with Gasteiger partial charge in [-0.1, -0.05) is 12.1 Å². The number of esters is 1. The molecule has 2 aliphatic heterocycles. The van der Waals surface area contributed by atoms with Gasteiger partial charge in [0.25, 0.3) is 5.69 Å². The molecule has 2 aliphatic rings. The number of amides is 2. The Labute approximate surface area is 219 Å². The number of piperazine rings is 1. The van der Waals surface area contributed by atoms with Gasteiger partial charge in [0.15, 0.2) is 0 Å². The van der Waals surface area contributed by atoms with E-state index >= 15 is 0 Å². The van der Waals surface area contributed by atoms with Crippen molar-refractivity contribution in [2.75, 3.05) is 44.2 Å². The highest BCUT2D eigenvalue weighted by Crippen LogP contribution is 2.37. The highest BCUT2D eigenvalue weighted by molar-refractivity contribution is 5.97. The van der Waals surface area contributed by atoms with E-state index in [2.05, 4.69) is 0 Å². The third-order valence-electron chi connectivity index (χ3n) is 6.92. The lowest BCUT2D eigenvalue weighted by Gasteiger charge is -2.38. The summed E-state index contributed by atoms with van der Waals surface area (Å²) >= 11 is 0. The number of hydrogen-bond acceptors (Lipinski definition) is 7. The average molecular weight is 525 g/mol. The summed E-state index contributed by atoms with van der Waals surface area (Å²) in [5.41, 5.74) is 1.91. The summed E-state index contributed by atoms with van der Waals surface area (Å²) in [7, 11) is 0. The summed E-state index contributed by atoms with van der Waals surface area (Å²) in [5, 5.41) is 10.9. The molecule has 11 heteroatoms. The second kappa shape index (κ2) is 11.4. The van der Waals surface area contributed by atoms with Crippen LogP contribution in [-0.4, -0.2) is 71.8 Å². The zero-order chi connectivity index (χ0) is 27.4. The van der Waals surface area contributed by atoms with Crippen molar-refractivity contribution in [2.24, 2.45) is 0 Å². The van der Waals surface area contributed by atoms with E-state index in [9.17, 15) is 28.9 Å². The number of halogens is 1. The van der Waals surface area contributed by atoms with Crippen molar-refractivity contribution in [3.63, 3.8) is 0 Å². The van der Waals surface area contributed by atoms with Crippen LogP contribution in [0.5, 0.6) is 0 Å². The normalized spacial score (nSPS) is 18.0. The zero-order valence-corrected chi connectivity index (χ0v) is 21.3. The molecule has 2 heterocycles. The van der Waals surface area contributed by atoms with Crippen LogP contribution in [0.2, 0.25) is 0 Å². The molecular formula is C27H29FN4O6. The molecule has 1 saturated heterocycles. The Balaban J connectivity index is 1.47. The van der Waals surface area contributed by atoms with E-state index in [1.807, 2.05) is 4.90 Å². The van der Waals surface area contributed by atoms with Crippen molar-refractivity contribution in [1.29, 1.82) is 0 Å². The summed E-state index contributed by atoms with van der Waals surface area (Å²) in [5.74, 6) is -2.33. The monoisotopic (exact) mass is 524 g/mol. The number of rotatable bonds is 7. The fourth-order valence-electron chi connectivity index (χ4n) is 4.92. The molecule has 200 valence electrons. The molecule has 4 rings (SSSR count). The summed E-state index contributed by atoms with van der Waals surface area (Å²) in [4.78, 5) is 54.7. The molecule has 0 aromatic heterocycles. The minimum Gasteiger partial charge on any atom is -0.463 e. The predicted octanol–water partition coefficient (Wildman–Crippen LogP) is 3.24. The van der Waals surface area contributed by atoms with Gasteiger partial charge in [-0.05, 0) is 43.7 Å². The Bertz CT molecular complexity index is 1270. The molecule has 0 N–H and O–H groups in total. The van der Waals surface area contributed by atoms with Crippen molar-refractivity contribution in [2.45, 2.75) is 26.2 Å². The third-order valence-corrected chi connectivity index (χ3v) is 6.92. The first kappa shape index (κ1) is 26.8. The molecule has 2 aromatic rings. The molecule has 38 heavy (non-hydrogen) atoms. The number of non-ortho nitro benzene ring substituents is 1. The average Bonchev–Trinajstić information content (AvgIpc) is 2.90. The fourth-order valence-corrected chi connectivity index (χ4v) is 4.92. The predicted molar refractivity (Wildman–Crippen MR) is 137 cm³/mol. The van der Waals surface area contributed by atoms with Crippen molar-refractivity contribution in [3.8, 4) is 0 Å². The largest absolute Gasteiger partial charge is 0.463 e. The maximum atomic E-state index is 13.9. The van der Waals surface area contributed by atoms with Gasteiger partial charge in [0.2, 0.25) is 11.8 Å². The number of nitrogens with zero attached hydrogens (tertiary/aromatic N) is 4. The minimum atomic E-state index is -0.672. The van der Waals surface area contributed by atoms with Gasteiger partial charge in [0.1, 0.15) is 12.4 Å². The van der Waals surface area contributed by atoms with Crippen molar-refractivity contribution in [3.05, 3.63) is 81.3 Å². The number of nitro groups is 1. The molecule has 0 aliphatic carbocycles. The number of hydrogen-bond donors (Lipinski definition) is 0. The fraction of sp³-hybridized carbons (Fsp3) is 0.370. The smallest absolute Gasteiger partial charge is 0.336 e. The van der Waals surface area contributed by atoms with E-state index in [1.165, 1.54) is 35.2 Å². The molecule has 1 atom stereocenters. The molecule has 10 nitrogen and oxygen atoms in total. The van der Waals surface area contributed by atoms with Crippen LogP contribution in [0.25, 0.3) is 0 Å². The number of carbonyl (C=O) groups excluding carboxylic acids is 3. The Morgan fingerprint density at radius 1 is 1.11 bits per heavy atom. The van der Waals surface area contributed by atoms with E-state index in [0.717, 1.165) is 5.69 Å². The van der Waals surface area contributed by atoms with Crippen molar-refractivity contribution < 1.29 is 28.4 Å². The van der Waals surface area contributed by atoms with Gasteiger partial charge < -0.3 is 19.4 Å². The summed E-state index contributed by atoms with van der Waals surface area (Å²) in [6.45, 7) is 5.09. The summed E-state index contributed by atoms with van der Waals surface area (Å²) in [6, 6.07) is 12.0. The summed E-state index contributed by atoms with van der Waals surface area (Å²) in [6.07, 6.45) is -0.0872. The Hall–Kier alpha value is -4.28. The van der Waals surface area contributed by atoms with E-state index in [4.69, 9.17) is 4.74 Å². The van der Waals surface area contributed by atoms with Crippen LogP contribution in [0, 0.1) is 15.9 Å². The quantitative estimate of drug-likeness (QED) is 0.310. The molecule has 1 unspecified atom stereocenters. The lowest BCUT2D eigenvalue weighted by atomic mass is 9.83. The molecule has 2 amide bonds. The number of ether oxygens (including phenoxy) is 1. The van der Waals surface area contributed by atoms with Crippen LogP contribution in [0.4, 0.5) is 15.8 Å². The van der Waals surface area contributed by atoms with Gasteiger partial charge in [-0.15, -0.1) is 0 Å². The van der Waals surface area contributed by atoms with Gasteiger partial charge in [0, 0.05) is 62.0 Å². The minimum absolute atomic E-state index is 0.0130. The number of carbonyl (C=O) groups is 3. The maximum absolute atomic E-state index is 13.9. The van der Waals surface area contributed by atoms with Gasteiger partial charge in [0.05, 0.1) is 17.1 Å². The zero-order valence-electron chi connectivity index (χ0n) is 21.3. The molecule has 0 saturated carbocycles. The highest BCUT2D eigenvalue weighted by Gasteiger charge is 2.38. The Morgan fingerprint density at radius 3 is 2.39 bits per heavy atom. The molecule has 0 spiro atoms. The van der Waals surface area contributed by atoms with E-state index in [-0.39, 0.29) is 42.6 Å². The van der Waals surface area contributed by atoms with Gasteiger partial charge in [-0.2, -0.15) is 0 Å². The van der Waals surface area contributed by atoms with Crippen LogP contribution < -0.4 is 4.90 Å². The van der Waals surface area contributed by atoms with Crippen LogP contribution >= 0.6 is 0 Å². The molecule has 2 aromatic carbocycles. The number of allylic oxidation sites excluding steroid dienone is 1. The van der Waals surface area contributed by atoms with E-state index < -0.39 is 22.6 Å². The standard InChI is InChI=1S/C27H29FN4O6/c1-3-38-27(35)26-18(2)31(24(33)16-23(26)19-5-4-6-20(28)15-19)17-25(34)30-13-11-29(12-14-30)21-7-9-22(10-8-21)32(36)37/h4-10,15,23H,3,11-14,16-17H2,1-2H3. The molecular weight excluding hydrogens is 495 g/mol. The third kappa shape index (κ3) is 5.66. The van der Waals surface area contributed by atoms with Gasteiger partial charge >= 0.3 is 5.97 Å². The van der Waals surface area contributed by atoms with Crippen LogP contribution in [0.15, 0.2) is 59.8 Å². The SMILES string of the molecule is CCOC(=O)C1=C(C)N(CC(=O)N2CCN(c3ccc([N+](=O)[O-])cc3)CC2)C(=O)CC1c1cccc(F)c1. The molecule has 1 fully saturated rings. The lowest BCUT2D eigenvalue weighted by molar-refractivity contribution is -0.384. The first-order chi connectivity index (χ1) is 18.2. The van der Waals surface area contributed by atoms with Gasteiger partial charge in [-0.25, -0.2) is 9.18 Å². The lowest BCUT2D eigenvalue weighted by Crippen LogP contribution is -2.52. The highest BCUT2D eigenvalue weighted by atomic mass is 19.1. The van der Waals surface area contributed by atoms with Gasteiger partial charge in [-0.3, -0.25) is 19.7 Å². The Kier molecular flexibility index (Phi) is 8.04. The van der Waals surface area contributed by atoms with Crippen molar-refractivity contribution in [1.82, 2.24) is 9.80 Å². The van der Waals surface area contributed by atoms with Crippen LogP contribution in [0.3, 0.4) is 0 Å². The maximum Gasteiger partial charge on any atom is 0.336 e. The van der Waals surface area contributed by atoms with E-state index in [1.54, 1.807) is 36.9 Å². The first-order valence-corrected chi connectivity index (χ1v) is 12.4. The summed E-state index contributed by atoms with van der Waals surface area (Å²) < 4.78 is 19.2.